The molecule has 1 aliphatic rings. The van der Waals surface area contributed by atoms with Gasteiger partial charge in [0.15, 0.2) is 15.4 Å². The smallest absolute Gasteiger partial charge is 0.384 e. The Labute approximate surface area is 207 Å². The fourth-order valence-electron chi connectivity index (χ4n) is 4.00. The number of anilines is 1. The molecule has 3 rings (SSSR count). The summed E-state index contributed by atoms with van der Waals surface area (Å²) in [4.78, 5) is 27.8. The number of benzene rings is 2. The van der Waals surface area contributed by atoms with E-state index in [1.807, 2.05) is 0 Å². The zero-order chi connectivity index (χ0) is 27.1. The van der Waals surface area contributed by atoms with Gasteiger partial charge in [-0.2, -0.15) is 13.2 Å². The Kier molecular flexibility index (Phi) is 7.54. The second-order valence-corrected chi connectivity index (χ2v) is 11.0. The van der Waals surface area contributed by atoms with E-state index >= 15 is 0 Å². The molecule has 0 aliphatic carbocycles. The predicted molar refractivity (Wildman–Crippen MR) is 125 cm³/mol. The Balaban J connectivity index is 1.93. The van der Waals surface area contributed by atoms with Gasteiger partial charge in [-0.3, -0.25) is 9.59 Å². The maximum atomic E-state index is 13.3. The third-order valence-electron chi connectivity index (χ3n) is 6.13. The number of fused-ring (bicyclic) bond motifs is 1. The summed E-state index contributed by atoms with van der Waals surface area (Å²) in [5, 5.41) is 12.4. The van der Waals surface area contributed by atoms with E-state index in [-0.39, 0.29) is 29.6 Å². The zero-order valence-corrected chi connectivity index (χ0v) is 20.9. The summed E-state index contributed by atoms with van der Waals surface area (Å²) in [6.07, 6.45) is -3.84. The van der Waals surface area contributed by atoms with Gasteiger partial charge in [0.25, 0.3) is 5.91 Å². The van der Waals surface area contributed by atoms with Crippen LogP contribution in [0.25, 0.3) is 0 Å². The van der Waals surface area contributed by atoms with Crippen LogP contribution in [0.15, 0.2) is 47.4 Å². The Bertz CT molecular complexity index is 1260. The molecule has 2 aromatic rings. The lowest BCUT2D eigenvalue weighted by molar-refractivity contribution is -0.258. The second kappa shape index (κ2) is 9.83. The molecule has 8 nitrogen and oxygen atoms in total. The molecule has 0 bridgehead atoms. The lowest BCUT2D eigenvalue weighted by Gasteiger charge is -2.28. The van der Waals surface area contributed by atoms with Gasteiger partial charge in [0.1, 0.15) is 6.04 Å². The molecule has 0 fully saturated rings. The summed E-state index contributed by atoms with van der Waals surface area (Å²) in [5.74, 6) is -1.60. The van der Waals surface area contributed by atoms with E-state index in [0.29, 0.717) is 18.1 Å². The summed E-state index contributed by atoms with van der Waals surface area (Å²) >= 11 is 0. The fourth-order valence-corrected chi connectivity index (χ4v) is 4.68. The molecule has 0 spiro atoms. The minimum atomic E-state index is -4.89. The number of nitrogens with one attached hydrogen (secondary N) is 1. The molecule has 0 saturated carbocycles. The molecule has 2 N–H and O–H groups in total. The number of hydrogen-bond acceptors (Lipinski definition) is 6. The standard InChI is InChI=1S/C24H27F3N2O6S/c1-14(13-35-3)22(31)29-12-15-11-18(36(4,33)34)9-10-19(15)20(29)21(30)28-17-7-5-16(6-8-17)23(2,32)24(25,26)27/h5-11,14,20,32H,12-13H2,1-4H3,(H,28,30). The maximum absolute atomic E-state index is 13.3. The minimum absolute atomic E-state index is 0.00292. The lowest BCUT2D eigenvalue weighted by atomic mass is 9.95. The zero-order valence-electron chi connectivity index (χ0n) is 20.1. The Morgan fingerprint density at radius 1 is 1.19 bits per heavy atom. The molecule has 0 saturated heterocycles. The third-order valence-corrected chi connectivity index (χ3v) is 7.24. The monoisotopic (exact) mass is 528 g/mol. The highest BCUT2D eigenvalue weighted by molar-refractivity contribution is 7.90. The molecule has 3 atom stereocenters. The number of ether oxygens (including phenoxy) is 1. The van der Waals surface area contributed by atoms with E-state index in [2.05, 4.69) is 5.32 Å². The molecular weight excluding hydrogens is 501 g/mol. The van der Waals surface area contributed by atoms with Crippen LogP contribution in [0.2, 0.25) is 0 Å². The first-order valence-electron chi connectivity index (χ1n) is 10.9. The van der Waals surface area contributed by atoms with Crippen molar-refractivity contribution in [3.63, 3.8) is 0 Å². The third kappa shape index (κ3) is 5.40. The van der Waals surface area contributed by atoms with Gasteiger partial charge in [0.2, 0.25) is 5.91 Å². The summed E-state index contributed by atoms with van der Waals surface area (Å²) in [7, 11) is -2.09. The lowest BCUT2D eigenvalue weighted by Crippen LogP contribution is -2.40. The first-order chi connectivity index (χ1) is 16.6. The minimum Gasteiger partial charge on any atom is -0.384 e. The molecular formula is C24H27F3N2O6S. The van der Waals surface area contributed by atoms with Crippen molar-refractivity contribution in [3.05, 3.63) is 59.2 Å². The number of aliphatic hydroxyl groups is 1. The molecule has 196 valence electrons. The molecule has 1 aliphatic heterocycles. The maximum Gasteiger partial charge on any atom is 0.421 e. The fraction of sp³-hybridized carbons (Fsp3) is 0.417. The second-order valence-electron chi connectivity index (χ2n) is 8.99. The first kappa shape index (κ1) is 27.6. The van der Waals surface area contributed by atoms with Crippen molar-refractivity contribution in [1.82, 2.24) is 4.90 Å². The van der Waals surface area contributed by atoms with Gasteiger partial charge in [-0.25, -0.2) is 8.42 Å². The molecule has 2 amide bonds. The SMILES string of the molecule is COCC(C)C(=O)N1Cc2cc(S(C)(=O)=O)ccc2C1C(=O)Nc1ccc(C(C)(O)C(F)(F)F)cc1. The quantitative estimate of drug-likeness (QED) is 0.571. The van der Waals surface area contributed by atoms with Gasteiger partial charge in [-0.05, 0) is 47.9 Å². The van der Waals surface area contributed by atoms with Crippen molar-refractivity contribution in [2.24, 2.45) is 5.92 Å². The van der Waals surface area contributed by atoms with E-state index in [0.717, 1.165) is 18.4 Å². The molecule has 36 heavy (non-hydrogen) atoms. The molecule has 0 radical (unpaired) electrons. The Morgan fingerprint density at radius 2 is 1.81 bits per heavy atom. The highest BCUT2D eigenvalue weighted by Gasteiger charge is 2.51. The number of carbonyl (C=O) groups excluding carboxylic acids is 2. The van der Waals surface area contributed by atoms with Crippen LogP contribution in [0.1, 0.15) is 36.6 Å². The van der Waals surface area contributed by atoms with Crippen molar-refractivity contribution in [3.8, 4) is 0 Å². The number of rotatable bonds is 7. The van der Waals surface area contributed by atoms with Crippen molar-refractivity contribution in [2.75, 3.05) is 25.3 Å². The number of sulfone groups is 1. The van der Waals surface area contributed by atoms with Crippen LogP contribution in [0.4, 0.5) is 18.9 Å². The molecule has 3 unspecified atom stereocenters. The summed E-state index contributed by atoms with van der Waals surface area (Å²) in [6, 6.07) is 7.70. The Hall–Kier alpha value is -2.96. The van der Waals surface area contributed by atoms with E-state index in [4.69, 9.17) is 4.74 Å². The number of nitrogens with zero attached hydrogens (tertiary/aromatic N) is 1. The average Bonchev–Trinajstić information content (AvgIpc) is 3.16. The number of carbonyl (C=O) groups is 2. The van der Waals surface area contributed by atoms with Gasteiger partial charge in [0, 0.05) is 25.6 Å². The average molecular weight is 529 g/mol. The molecule has 1 heterocycles. The van der Waals surface area contributed by atoms with Crippen LogP contribution < -0.4 is 5.32 Å². The number of methoxy groups -OCH3 is 1. The predicted octanol–water partition coefficient (Wildman–Crippen LogP) is 3.16. The molecule has 0 aromatic heterocycles. The van der Waals surface area contributed by atoms with Crippen LogP contribution in [0.3, 0.4) is 0 Å². The normalized spacial score (nSPS) is 18.3. The van der Waals surface area contributed by atoms with Crippen LogP contribution in [-0.4, -0.2) is 56.4 Å². The van der Waals surface area contributed by atoms with Crippen molar-refractivity contribution in [2.45, 2.75) is 43.1 Å². The summed E-state index contributed by atoms with van der Waals surface area (Å²) in [6.45, 7) is 2.37. The highest BCUT2D eigenvalue weighted by Crippen LogP contribution is 2.39. The van der Waals surface area contributed by atoms with Gasteiger partial charge in [-0.1, -0.05) is 25.1 Å². The van der Waals surface area contributed by atoms with Gasteiger partial charge >= 0.3 is 6.18 Å². The van der Waals surface area contributed by atoms with Crippen LogP contribution >= 0.6 is 0 Å². The number of hydrogen-bond donors (Lipinski definition) is 2. The van der Waals surface area contributed by atoms with Gasteiger partial charge < -0.3 is 20.1 Å². The van der Waals surface area contributed by atoms with Crippen molar-refractivity contribution >= 4 is 27.3 Å². The van der Waals surface area contributed by atoms with E-state index in [1.54, 1.807) is 6.92 Å². The van der Waals surface area contributed by atoms with Crippen molar-refractivity contribution < 1.29 is 41.0 Å². The topological polar surface area (TPSA) is 113 Å². The van der Waals surface area contributed by atoms with E-state index in [1.165, 1.54) is 42.3 Å². The largest absolute Gasteiger partial charge is 0.421 e. The summed E-state index contributed by atoms with van der Waals surface area (Å²) < 4.78 is 68.4. The van der Waals surface area contributed by atoms with E-state index < -0.39 is 45.0 Å². The molecule has 2 aromatic carbocycles. The van der Waals surface area contributed by atoms with E-state index in [9.17, 15) is 36.3 Å². The number of alkyl halides is 3. The van der Waals surface area contributed by atoms with Gasteiger partial charge in [0.05, 0.1) is 17.4 Å². The van der Waals surface area contributed by atoms with Crippen LogP contribution in [0, 0.1) is 5.92 Å². The van der Waals surface area contributed by atoms with Crippen LogP contribution in [-0.2, 0) is 36.3 Å². The summed E-state index contributed by atoms with van der Waals surface area (Å²) in [5.41, 5.74) is -2.39. The highest BCUT2D eigenvalue weighted by atomic mass is 32.2. The molecule has 12 heteroatoms. The van der Waals surface area contributed by atoms with Crippen molar-refractivity contribution in [1.29, 1.82) is 0 Å². The number of amides is 2. The van der Waals surface area contributed by atoms with Crippen LogP contribution in [0.5, 0.6) is 0 Å². The first-order valence-corrected chi connectivity index (χ1v) is 12.8. The van der Waals surface area contributed by atoms with Gasteiger partial charge in [-0.15, -0.1) is 0 Å². The Morgan fingerprint density at radius 3 is 2.33 bits per heavy atom. The number of halogens is 3.